The highest BCUT2D eigenvalue weighted by molar-refractivity contribution is 5.63. The zero-order chi connectivity index (χ0) is 16.4. The Bertz CT molecular complexity index is 770. The largest absolute Gasteiger partial charge is 0.497 e. The summed E-state index contributed by atoms with van der Waals surface area (Å²) in [6.45, 7) is 4.58. The molecule has 0 amide bonds. The van der Waals surface area contributed by atoms with E-state index in [0.717, 1.165) is 39.8 Å². The number of rotatable bonds is 5. The first-order valence-electron chi connectivity index (χ1n) is 7.41. The van der Waals surface area contributed by atoms with Crippen molar-refractivity contribution in [2.45, 2.75) is 20.4 Å². The molecule has 1 N–H and O–H groups in total. The smallest absolute Gasteiger partial charge is 0.151 e. The molecule has 0 unspecified atom stereocenters. The molecular formula is C17H20N4O2. The lowest BCUT2D eigenvalue weighted by Crippen LogP contribution is -2.17. The molecule has 2 heterocycles. The minimum atomic E-state index is 0.702. The van der Waals surface area contributed by atoms with Crippen LogP contribution in [-0.4, -0.2) is 29.5 Å². The van der Waals surface area contributed by atoms with Crippen molar-refractivity contribution in [1.29, 1.82) is 0 Å². The number of benzene rings is 1. The van der Waals surface area contributed by atoms with E-state index in [9.17, 15) is 0 Å². The van der Waals surface area contributed by atoms with Crippen LogP contribution in [0.3, 0.4) is 0 Å². The first-order valence-corrected chi connectivity index (χ1v) is 7.41. The Morgan fingerprint density at radius 2 is 1.96 bits per heavy atom. The molecule has 0 atom stereocenters. The van der Waals surface area contributed by atoms with Gasteiger partial charge in [-0.05, 0) is 43.7 Å². The van der Waals surface area contributed by atoms with Crippen molar-refractivity contribution in [2.75, 3.05) is 19.1 Å². The molecule has 0 aliphatic heterocycles. The number of aromatic amines is 1. The van der Waals surface area contributed by atoms with Gasteiger partial charge in [0.2, 0.25) is 0 Å². The van der Waals surface area contributed by atoms with E-state index in [2.05, 4.69) is 20.3 Å². The summed E-state index contributed by atoms with van der Waals surface area (Å²) in [6, 6.07) is 9.90. The molecule has 3 rings (SSSR count). The van der Waals surface area contributed by atoms with E-state index in [1.165, 1.54) is 0 Å². The summed E-state index contributed by atoms with van der Waals surface area (Å²) in [6.07, 6.45) is 0. The maximum Gasteiger partial charge on any atom is 0.151 e. The molecule has 0 saturated carbocycles. The number of hydrogen-bond acceptors (Lipinski definition) is 5. The molecule has 6 heteroatoms. The van der Waals surface area contributed by atoms with Crippen LogP contribution in [0.4, 0.5) is 5.82 Å². The molecule has 0 saturated heterocycles. The van der Waals surface area contributed by atoms with Gasteiger partial charge in [-0.15, -0.1) is 0 Å². The zero-order valence-corrected chi connectivity index (χ0v) is 13.8. The maximum absolute atomic E-state index is 5.21. The van der Waals surface area contributed by atoms with Crippen molar-refractivity contribution in [3.8, 4) is 17.0 Å². The van der Waals surface area contributed by atoms with Crippen molar-refractivity contribution >= 4 is 5.82 Å². The van der Waals surface area contributed by atoms with Gasteiger partial charge in [0.25, 0.3) is 0 Å². The van der Waals surface area contributed by atoms with Crippen molar-refractivity contribution in [2.24, 2.45) is 0 Å². The molecule has 0 radical (unpaired) electrons. The van der Waals surface area contributed by atoms with Crippen LogP contribution in [0.1, 0.15) is 17.0 Å². The topological polar surface area (TPSA) is 67.2 Å². The highest BCUT2D eigenvalue weighted by Gasteiger charge is 2.14. The second-order valence-corrected chi connectivity index (χ2v) is 5.53. The first kappa shape index (κ1) is 15.1. The van der Waals surface area contributed by atoms with Crippen molar-refractivity contribution in [1.82, 2.24) is 15.4 Å². The second-order valence-electron chi connectivity index (χ2n) is 5.53. The number of anilines is 1. The van der Waals surface area contributed by atoms with Gasteiger partial charge in [0, 0.05) is 25.2 Å². The number of nitrogens with one attached hydrogen (secondary N) is 1. The van der Waals surface area contributed by atoms with Crippen molar-refractivity contribution in [3.63, 3.8) is 0 Å². The number of H-pyrrole nitrogens is 1. The summed E-state index contributed by atoms with van der Waals surface area (Å²) < 4.78 is 10.4. The van der Waals surface area contributed by atoms with Gasteiger partial charge >= 0.3 is 0 Å². The minimum absolute atomic E-state index is 0.702. The summed E-state index contributed by atoms with van der Waals surface area (Å²) in [5, 5.41) is 11.5. The van der Waals surface area contributed by atoms with Crippen LogP contribution in [-0.2, 0) is 6.54 Å². The van der Waals surface area contributed by atoms with Gasteiger partial charge in [0.05, 0.1) is 18.5 Å². The number of aryl methyl sites for hydroxylation is 2. The average molecular weight is 312 g/mol. The van der Waals surface area contributed by atoms with E-state index >= 15 is 0 Å². The molecule has 3 aromatic rings. The molecule has 0 fully saturated rings. The standard InChI is InChI=1S/C17H20N4O2/c1-11-15(12(2)23-20-11)10-21(3)17-9-16(18-19-17)13-5-7-14(22-4)8-6-13/h5-9H,10H2,1-4H3,(H,18,19). The van der Waals surface area contributed by atoms with Crippen molar-refractivity contribution in [3.05, 3.63) is 47.3 Å². The average Bonchev–Trinajstić information content (AvgIpc) is 3.17. The van der Waals surface area contributed by atoms with Crippen molar-refractivity contribution < 1.29 is 9.26 Å². The summed E-state index contributed by atoms with van der Waals surface area (Å²) in [7, 11) is 3.66. The number of nitrogens with zero attached hydrogens (tertiary/aromatic N) is 3. The normalized spacial score (nSPS) is 10.8. The van der Waals surface area contributed by atoms with Crippen LogP contribution < -0.4 is 9.64 Å². The SMILES string of the molecule is COc1ccc(-c2cc(N(C)Cc3c(C)noc3C)n[nH]2)cc1. The molecule has 2 aromatic heterocycles. The highest BCUT2D eigenvalue weighted by atomic mass is 16.5. The van der Waals surface area contributed by atoms with E-state index in [1.807, 2.05) is 51.2 Å². The molecule has 0 spiro atoms. The quantitative estimate of drug-likeness (QED) is 0.782. The minimum Gasteiger partial charge on any atom is -0.497 e. The van der Waals surface area contributed by atoms with Crippen LogP contribution in [0, 0.1) is 13.8 Å². The fourth-order valence-electron chi connectivity index (χ4n) is 2.47. The van der Waals surface area contributed by atoms with Gasteiger partial charge in [-0.3, -0.25) is 5.10 Å². The van der Waals surface area contributed by atoms with Gasteiger partial charge in [-0.2, -0.15) is 5.10 Å². The van der Waals surface area contributed by atoms with Crippen LogP contribution >= 0.6 is 0 Å². The Hall–Kier alpha value is -2.76. The van der Waals surface area contributed by atoms with E-state index in [4.69, 9.17) is 9.26 Å². The Morgan fingerprint density at radius 3 is 2.57 bits per heavy atom. The van der Waals surface area contributed by atoms with Gasteiger partial charge in [-0.25, -0.2) is 0 Å². The lowest BCUT2D eigenvalue weighted by atomic mass is 10.1. The van der Waals surface area contributed by atoms with Gasteiger partial charge < -0.3 is 14.2 Å². The van der Waals surface area contributed by atoms with E-state index in [1.54, 1.807) is 7.11 Å². The van der Waals surface area contributed by atoms with E-state index in [-0.39, 0.29) is 0 Å². The Labute approximate surface area is 135 Å². The number of aromatic nitrogens is 3. The molecule has 1 aromatic carbocycles. The molecule has 0 aliphatic carbocycles. The number of hydrogen-bond donors (Lipinski definition) is 1. The summed E-state index contributed by atoms with van der Waals surface area (Å²) in [5.74, 6) is 2.56. The Kier molecular flexibility index (Phi) is 4.06. The molecule has 120 valence electrons. The first-order chi connectivity index (χ1) is 11.1. The summed E-state index contributed by atoms with van der Waals surface area (Å²) in [4.78, 5) is 2.07. The fourth-order valence-corrected chi connectivity index (χ4v) is 2.47. The molecule has 0 bridgehead atoms. The Balaban J connectivity index is 1.78. The summed E-state index contributed by atoms with van der Waals surface area (Å²) >= 11 is 0. The third-order valence-electron chi connectivity index (χ3n) is 3.93. The molecular weight excluding hydrogens is 292 g/mol. The predicted octanol–water partition coefficient (Wildman–Crippen LogP) is 3.33. The zero-order valence-electron chi connectivity index (χ0n) is 13.8. The second kappa shape index (κ2) is 6.16. The molecule has 23 heavy (non-hydrogen) atoms. The van der Waals surface area contributed by atoms with Crippen LogP contribution in [0.5, 0.6) is 5.75 Å². The van der Waals surface area contributed by atoms with Crippen LogP contribution in [0.2, 0.25) is 0 Å². The van der Waals surface area contributed by atoms with Gasteiger partial charge in [0.1, 0.15) is 11.5 Å². The summed E-state index contributed by atoms with van der Waals surface area (Å²) in [5.41, 5.74) is 4.05. The highest BCUT2D eigenvalue weighted by Crippen LogP contribution is 2.25. The number of methoxy groups -OCH3 is 1. The third kappa shape index (κ3) is 3.06. The molecule has 0 aliphatic rings. The monoisotopic (exact) mass is 312 g/mol. The lowest BCUT2D eigenvalue weighted by molar-refractivity contribution is 0.392. The molecule has 6 nitrogen and oxygen atoms in total. The van der Waals surface area contributed by atoms with E-state index < -0.39 is 0 Å². The van der Waals surface area contributed by atoms with E-state index in [0.29, 0.717) is 6.54 Å². The lowest BCUT2D eigenvalue weighted by Gasteiger charge is -2.15. The van der Waals surface area contributed by atoms with Gasteiger partial charge in [0.15, 0.2) is 5.82 Å². The van der Waals surface area contributed by atoms with Gasteiger partial charge in [-0.1, -0.05) is 5.16 Å². The number of ether oxygens (including phenoxy) is 1. The van der Waals surface area contributed by atoms with Crippen LogP contribution in [0.25, 0.3) is 11.3 Å². The third-order valence-corrected chi connectivity index (χ3v) is 3.93. The predicted molar refractivity (Wildman–Crippen MR) is 88.7 cm³/mol. The maximum atomic E-state index is 5.21. The Morgan fingerprint density at radius 1 is 1.22 bits per heavy atom. The van der Waals surface area contributed by atoms with Crippen LogP contribution in [0.15, 0.2) is 34.9 Å². The fraction of sp³-hybridized carbons (Fsp3) is 0.294.